The van der Waals surface area contributed by atoms with Crippen molar-refractivity contribution in [1.82, 2.24) is 0 Å². The summed E-state index contributed by atoms with van der Waals surface area (Å²) in [6, 6.07) is 9.60. The first-order chi connectivity index (χ1) is 11.1. The molecule has 0 fully saturated rings. The number of halogens is 2. The van der Waals surface area contributed by atoms with Gasteiger partial charge in [0.15, 0.2) is 0 Å². The number of hydrogen-bond acceptors (Lipinski definition) is 3. The van der Waals surface area contributed by atoms with Gasteiger partial charge in [0.1, 0.15) is 0 Å². The molecule has 0 aliphatic heterocycles. The summed E-state index contributed by atoms with van der Waals surface area (Å²) in [5, 5.41) is 3.42. The molecule has 1 amide bonds. The Morgan fingerprint density at radius 2 is 1.75 bits per heavy atom. The lowest BCUT2D eigenvalue weighted by Gasteiger charge is -2.19. The number of amides is 1. The van der Waals surface area contributed by atoms with Crippen molar-refractivity contribution in [2.45, 2.75) is 6.92 Å². The Hall–Kier alpha value is -1.76. The Balaban J connectivity index is 2.31. The van der Waals surface area contributed by atoms with Crippen LogP contribution in [0.4, 0.5) is 11.4 Å². The van der Waals surface area contributed by atoms with Crippen LogP contribution in [0.25, 0.3) is 0 Å². The van der Waals surface area contributed by atoms with Gasteiger partial charge in [-0.1, -0.05) is 29.3 Å². The van der Waals surface area contributed by atoms with E-state index in [0.717, 1.165) is 16.1 Å². The van der Waals surface area contributed by atoms with Crippen LogP contribution < -0.4 is 9.62 Å². The molecule has 0 saturated heterocycles. The molecule has 0 spiro atoms. The zero-order valence-corrected chi connectivity index (χ0v) is 15.6. The predicted octanol–water partition coefficient (Wildman–Crippen LogP) is 3.95. The Morgan fingerprint density at radius 3 is 2.33 bits per heavy atom. The molecule has 0 atom stereocenters. The van der Waals surface area contributed by atoms with Gasteiger partial charge in [-0.05, 0) is 42.8 Å². The maximum atomic E-state index is 12.4. The number of carbonyl (C=O) groups excluding carboxylic acids is 1. The first-order valence-electron chi connectivity index (χ1n) is 6.90. The van der Waals surface area contributed by atoms with Gasteiger partial charge in [0.2, 0.25) is 10.0 Å². The number of carbonyl (C=O) groups is 1. The second kappa shape index (κ2) is 7.01. The van der Waals surface area contributed by atoms with Gasteiger partial charge in [-0.25, -0.2) is 8.42 Å². The van der Waals surface area contributed by atoms with Crippen LogP contribution in [-0.4, -0.2) is 27.6 Å². The van der Waals surface area contributed by atoms with Crippen LogP contribution >= 0.6 is 23.2 Å². The average Bonchev–Trinajstić information content (AvgIpc) is 2.49. The standard InChI is InChI=1S/C16H16Cl2N2O3S/c1-10-4-5-11(8-15(10)20(2)24(3,22)23)16(21)19-12-6-7-13(17)14(18)9-12/h4-9H,1-3H3,(H,19,21). The molecule has 2 aromatic carbocycles. The van der Waals surface area contributed by atoms with Gasteiger partial charge < -0.3 is 5.32 Å². The summed E-state index contributed by atoms with van der Waals surface area (Å²) in [5.41, 5.74) is 2.01. The molecule has 0 aliphatic carbocycles. The summed E-state index contributed by atoms with van der Waals surface area (Å²) < 4.78 is 24.6. The zero-order chi connectivity index (χ0) is 18.1. The maximum absolute atomic E-state index is 12.4. The molecular formula is C16H16Cl2N2O3S. The molecule has 0 aromatic heterocycles. The highest BCUT2D eigenvalue weighted by molar-refractivity contribution is 7.92. The minimum atomic E-state index is -3.42. The van der Waals surface area contributed by atoms with E-state index in [1.807, 2.05) is 0 Å². The van der Waals surface area contributed by atoms with E-state index in [0.29, 0.717) is 27.0 Å². The number of anilines is 2. The molecule has 0 radical (unpaired) electrons. The van der Waals surface area contributed by atoms with E-state index in [9.17, 15) is 13.2 Å². The van der Waals surface area contributed by atoms with Gasteiger partial charge in [-0.3, -0.25) is 9.10 Å². The number of rotatable bonds is 4. The fourth-order valence-corrected chi connectivity index (χ4v) is 2.90. The molecule has 0 unspecified atom stereocenters. The van der Waals surface area contributed by atoms with Crippen LogP contribution in [0, 0.1) is 6.92 Å². The average molecular weight is 387 g/mol. The smallest absolute Gasteiger partial charge is 0.255 e. The molecule has 24 heavy (non-hydrogen) atoms. The highest BCUT2D eigenvalue weighted by Crippen LogP contribution is 2.26. The number of nitrogens with one attached hydrogen (secondary N) is 1. The molecule has 0 aliphatic rings. The van der Waals surface area contributed by atoms with E-state index in [2.05, 4.69) is 5.32 Å². The monoisotopic (exact) mass is 386 g/mol. The Bertz CT molecular complexity index is 898. The fourth-order valence-electron chi connectivity index (χ4n) is 2.05. The first kappa shape index (κ1) is 18.6. The second-order valence-corrected chi connectivity index (χ2v) is 8.14. The van der Waals surface area contributed by atoms with E-state index in [-0.39, 0.29) is 5.91 Å². The van der Waals surface area contributed by atoms with Crippen LogP contribution in [0.5, 0.6) is 0 Å². The van der Waals surface area contributed by atoms with Crippen LogP contribution in [0.3, 0.4) is 0 Å². The first-order valence-corrected chi connectivity index (χ1v) is 9.51. The molecule has 1 N–H and O–H groups in total. The lowest BCUT2D eigenvalue weighted by molar-refractivity contribution is 0.102. The Kier molecular flexibility index (Phi) is 5.42. The van der Waals surface area contributed by atoms with Crippen molar-refractivity contribution < 1.29 is 13.2 Å². The summed E-state index contributed by atoms with van der Waals surface area (Å²) in [4.78, 5) is 12.4. The van der Waals surface area contributed by atoms with Crippen molar-refractivity contribution in [3.05, 3.63) is 57.6 Å². The maximum Gasteiger partial charge on any atom is 0.255 e. The van der Waals surface area contributed by atoms with Crippen molar-refractivity contribution in [3.63, 3.8) is 0 Å². The second-order valence-electron chi connectivity index (χ2n) is 5.31. The minimum Gasteiger partial charge on any atom is -0.322 e. The predicted molar refractivity (Wildman–Crippen MR) is 98.8 cm³/mol. The van der Waals surface area contributed by atoms with Gasteiger partial charge in [-0.15, -0.1) is 0 Å². The molecule has 0 saturated carbocycles. The fraction of sp³-hybridized carbons (Fsp3) is 0.188. The lowest BCUT2D eigenvalue weighted by Crippen LogP contribution is -2.26. The third-order valence-electron chi connectivity index (χ3n) is 3.49. The van der Waals surface area contributed by atoms with Crippen molar-refractivity contribution in [2.24, 2.45) is 0 Å². The van der Waals surface area contributed by atoms with Crippen molar-refractivity contribution >= 4 is 50.5 Å². The van der Waals surface area contributed by atoms with Gasteiger partial charge >= 0.3 is 0 Å². The quantitative estimate of drug-likeness (QED) is 0.864. The molecule has 5 nitrogen and oxygen atoms in total. The lowest BCUT2D eigenvalue weighted by atomic mass is 10.1. The Morgan fingerprint density at radius 1 is 1.08 bits per heavy atom. The summed E-state index contributed by atoms with van der Waals surface area (Å²) in [5.74, 6) is -0.378. The van der Waals surface area contributed by atoms with Crippen molar-refractivity contribution in [1.29, 1.82) is 0 Å². The topological polar surface area (TPSA) is 66.5 Å². The molecule has 0 bridgehead atoms. The van der Waals surface area contributed by atoms with E-state index in [4.69, 9.17) is 23.2 Å². The third kappa shape index (κ3) is 4.20. The third-order valence-corrected chi connectivity index (χ3v) is 5.42. The molecule has 2 rings (SSSR count). The number of sulfonamides is 1. The van der Waals surface area contributed by atoms with Gasteiger partial charge in [-0.2, -0.15) is 0 Å². The molecular weight excluding hydrogens is 371 g/mol. The molecule has 128 valence electrons. The van der Waals surface area contributed by atoms with Gasteiger partial charge in [0.25, 0.3) is 5.91 Å². The number of aryl methyl sites for hydroxylation is 1. The number of benzene rings is 2. The van der Waals surface area contributed by atoms with Crippen LogP contribution in [-0.2, 0) is 10.0 Å². The van der Waals surface area contributed by atoms with Crippen molar-refractivity contribution in [3.8, 4) is 0 Å². The normalized spacial score (nSPS) is 11.2. The summed E-state index contributed by atoms with van der Waals surface area (Å²) in [6.45, 7) is 1.78. The highest BCUT2D eigenvalue weighted by Gasteiger charge is 2.17. The Labute approximate surface area is 151 Å². The molecule has 0 heterocycles. The molecule has 2 aromatic rings. The van der Waals surface area contributed by atoms with Gasteiger partial charge in [0, 0.05) is 18.3 Å². The van der Waals surface area contributed by atoms with E-state index in [1.54, 1.807) is 37.3 Å². The van der Waals surface area contributed by atoms with Crippen molar-refractivity contribution in [2.75, 3.05) is 22.9 Å². The van der Waals surface area contributed by atoms with E-state index < -0.39 is 10.0 Å². The number of hydrogen-bond donors (Lipinski definition) is 1. The largest absolute Gasteiger partial charge is 0.322 e. The number of nitrogens with zero attached hydrogens (tertiary/aromatic N) is 1. The molecule has 8 heteroatoms. The van der Waals surface area contributed by atoms with E-state index in [1.165, 1.54) is 13.1 Å². The summed E-state index contributed by atoms with van der Waals surface area (Å²) >= 11 is 11.8. The minimum absolute atomic E-state index is 0.330. The SMILES string of the molecule is Cc1ccc(C(=O)Nc2ccc(Cl)c(Cl)c2)cc1N(C)S(C)(=O)=O. The highest BCUT2D eigenvalue weighted by atomic mass is 35.5. The summed E-state index contributed by atoms with van der Waals surface area (Å²) in [7, 11) is -1.98. The van der Waals surface area contributed by atoms with Gasteiger partial charge in [0.05, 0.1) is 22.0 Å². The summed E-state index contributed by atoms with van der Waals surface area (Å²) in [6.07, 6.45) is 1.11. The van der Waals surface area contributed by atoms with Crippen LogP contribution in [0.1, 0.15) is 15.9 Å². The zero-order valence-electron chi connectivity index (χ0n) is 13.3. The van der Waals surface area contributed by atoms with Crippen LogP contribution in [0.2, 0.25) is 10.0 Å². The van der Waals surface area contributed by atoms with E-state index >= 15 is 0 Å². The van der Waals surface area contributed by atoms with Crippen LogP contribution in [0.15, 0.2) is 36.4 Å².